The lowest BCUT2D eigenvalue weighted by Crippen LogP contribution is -2.11. The van der Waals surface area contributed by atoms with Crippen molar-refractivity contribution in [2.75, 3.05) is 0 Å². The summed E-state index contributed by atoms with van der Waals surface area (Å²) >= 11 is 0. The SMILES string of the molecule is Cc1ccc(-n2nc(C(=O)c3ccccc3)c(C(=O)c3ccccc3)c2-c2ccccc2)cc1. The molecule has 4 nitrogen and oxygen atoms in total. The number of ketones is 2. The van der Waals surface area contributed by atoms with Crippen LogP contribution in [0.4, 0.5) is 0 Å². The Labute approximate surface area is 198 Å². The van der Waals surface area contributed by atoms with Crippen molar-refractivity contribution in [2.45, 2.75) is 6.92 Å². The Bertz CT molecular complexity index is 1450. The van der Waals surface area contributed by atoms with Gasteiger partial charge in [0, 0.05) is 16.7 Å². The summed E-state index contributed by atoms with van der Waals surface area (Å²) in [5, 5.41) is 4.76. The highest BCUT2D eigenvalue weighted by Crippen LogP contribution is 2.32. The zero-order valence-electron chi connectivity index (χ0n) is 18.7. The summed E-state index contributed by atoms with van der Waals surface area (Å²) in [5.74, 6) is -0.528. The van der Waals surface area contributed by atoms with Crippen LogP contribution in [-0.2, 0) is 0 Å². The summed E-state index contributed by atoms with van der Waals surface area (Å²) in [6.07, 6.45) is 0. The molecule has 0 unspecified atom stereocenters. The number of hydrogen-bond donors (Lipinski definition) is 0. The molecule has 4 heteroatoms. The first-order valence-electron chi connectivity index (χ1n) is 11.1. The van der Waals surface area contributed by atoms with Crippen LogP contribution in [0.25, 0.3) is 16.9 Å². The van der Waals surface area contributed by atoms with Crippen molar-refractivity contribution < 1.29 is 9.59 Å². The minimum absolute atomic E-state index is 0.138. The molecule has 0 spiro atoms. The molecule has 0 aliphatic heterocycles. The van der Waals surface area contributed by atoms with Gasteiger partial charge in [-0.3, -0.25) is 9.59 Å². The number of benzene rings is 4. The molecular weight excluding hydrogens is 420 g/mol. The summed E-state index contributed by atoms with van der Waals surface area (Å²) in [6.45, 7) is 2.01. The molecule has 34 heavy (non-hydrogen) atoms. The summed E-state index contributed by atoms with van der Waals surface area (Å²) < 4.78 is 1.71. The maximum absolute atomic E-state index is 13.9. The molecular formula is C30H22N2O2. The van der Waals surface area contributed by atoms with Crippen molar-refractivity contribution in [3.8, 4) is 16.9 Å². The van der Waals surface area contributed by atoms with E-state index in [1.54, 1.807) is 41.1 Å². The molecule has 0 atom stereocenters. The second kappa shape index (κ2) is 9.12. The summed E-state index contributed by atoms with van der Waals surface area (Å²) in [4.78, 5) is 27.5. The Balaban J connectivity index is 1.83. The maximum Gasteiger partial charge on any atom is 0.214 e. The summed E-state index contributed by atoms with van der Waals surface area (Å²) in [5.41, 5.74) is 4.71. The van der Waals surface area contributed by atoms with Gasteiger partial charge in [0.2, 0.25) is 5.78 Å². The third kappa shape index (κ3) is 3.97. The molecule has 1 aromatic heterocycles. The first kappa shape index (κ1) is 21.3. The van der Waals surface area contributed by atoms with Crippen LogP contribution in [0.1, 0.15) is 37.5 Å². The average molecular weight is 443 g/mol. The standard InChI is InChI=1S/C30H22N2O2/c1-21-17-19-25(20-18-21)32-28(22-11-5-2-6-12-22)26(29(33)23-13-7-3-8-14-23)27(31-32)30(34)24-15-9-4-10-16-24/h2-20H,1H3. The quantitative estimate of drug-likeness (QED) is 0.290. The van der Waals surface area contributed by atoms with Gasteiger partial charge in [-0.2, -0.15) is 5.10 Å². The van der Waals surface area contributed by atoms with Crippen LogP contribution in [0.2, 0.25) is 0 Å². The van der Waals surface area contributed by atoms with Crippen molar-refractivity contribution in [1.29, 1.82) is 0 Å². The molecule has 5 aromatic rings. The Morgan fingerprint density at radius 2 is 1.12 bits per heavy atom. The predicted molar refractivity (Wildman–Crippen MR) is 133 cm³/mol. The topological polar surface area (TPSA) is 52.0 Å². The van der Waals surface area contributed by atoms with E-state index in [0.29, 0.717) is 22.4 Å². The van der Waals surface area contributed by atoms with E-state index in [4.69, 9.17) is 5.10 Å². The summed E-state index contributed by atoms with van der Waals surface area (Å²) in [7, 11) is 0. The number of nitrogens with zero attached hydrogens (tertiary/aromatic N) is 2. The van der Waals surface area contributed by atoms with Crippen LogP contribution in [0.5, 0.6) is 0 Å². The number of carbonyl (C=O) groups excluding carboxylic acids is 2. The molecule has 0 aliphatic carbocycles. The Morgan fingerprint density at radius 3 is 1.68 bits per heavy atom. The van der Waals surface area contributed by atoms with Gasteiger partial charge >= 0.3 is 0 Å². The van der Waals surface area contributed by atoms with E-state index < -0.39 is 0 Å². The Hall–Kier alpha value is -4.57. The molecule has 0 saturated heterocycles. The zero-order valence-corrected chi connectivity index (χ0v) is 18.7. The number of carbonyl (C=O) groups is 2. The van der Waals surface area contributed by atoms with Crippen LogP contribution < -0.4 is 0 Å². The van der Waals surface area contributed by atoms with Crippen LogP contribution in [0, 0.1) is 6.92 Å². The lowest BCUT2D eigenvalue weighted by Gasteiger charge is -2.10. The lowest BCUT2D eigenvalue weighted by atomic mass is 9.94. The van der Waals surface area contributed by atoms with Crippen LogP contribution in [0.3, 0.4) is 0 Å². The number of hydrogen-bond acceptors (Lipinski definition) is 3. The fourth-order valence-corrected chi connectivity index (χ4v) is 3.99. The first-order valence-corrected chi connectivity index (χ1v) is 11.1. The minimum Gasteiger partial charge on any atom is -0.288 e. The van der Waals surface area contributed by atoms with E-state index in [0.717, 1.165) is 16.8 Å². The molecule has 164 valence electrons. The third-order valence-corrected chi connectivity index (χ3v) is 5.73. The van der Waals surface area contributed by atoms with Crippen molar-refractivity contribution in [3.63, 3.8) is 0 Å². The highest BCUT2D eigenvalue weighted by Gasteiger charge is 2.30. The Kier molecular flexibility index (Phi) is 5.71. The monoisotopic (exact) mass is 442 g/mol. The van der Waals surface area contributed by atoms with Crippen LogP contribution in [0.15, 0.2) is 115 Å². The molecule has 0 radical (unpaired) electrons. The number of aryl methyl sites for hydroxylation is 1. The summed E-state index contributed by atoms with van der Waals surface area (Å²) in [6, 6.07) is 35.5. The predicted octanol–water partition coefficient (Wildman–Crippen LogP) is 6.31. The van der Waals surface area contributed by atoms with E-state index in [2.05, 4.69) is 0 Å². The second-order valence-electron chi connectivity index (χ2n) is 8.08. The molecule has 0 bridgehead atoms. The number of aromatic nitrogens is 2. The van der Waals surface area contributed by atoms with E-state index in [1.165, 1.54) is 0 Å². The molecule has 0 N–H and O–H groups in total. The minimum atomic E-state index is -0.289. The van der Waals surface area contributed by atoms with Crippen LogP contribution >= 0.6 is 0 Å². The third-order valence-electron chi connectivity index (χ3n) is 5.73. The average Bonchev–Trinajstić information content (AvgIpc) is 3.30. The van der Waals surface area contributed by atoms with Crippen molar-refractivity contribution >= 4 is 11.6 Å². The lowest BCUT2D eigenvalue weighted by molar-refractivity contribution is 0.100. The van der Waals surface area contributed by atoms with Crippen molar-refractivity contribution in [2.24, 2.45) is 0 Å². The van der Waals surface area contributed by atoms with Gasteiger partial charge in [0.05, 0.1) is 16.9 Å². The van der Waals surface area contributed by atoms with E-state index in [1.807, 2.05) is 85.8 Å². The van der Waals surface area contributed by atoms with Gasteiger partial charge in [-0.05, 0) is 19.1 Å². The number of rotatable bonds is 6. The van der Waals surface area contributed by atoms with E-state index in [-0.39, 0.29) is 17.3 Å². The molecule has 0 aliphatic rings. The van der Waals surface area contributed by atoms with Gasteiger partial charge in [-0.1, -0.05) is 109 Å². The molecule has 0 saturated carbocycles. The van der Waals surface area contributed by atoms with E-state index in [9.17, 15) is 9.59 Å². The largest absolute Gasteiger partial charge is 0.288 e. The van der Waals surface area contributed by atoms with Crippen LogP contribution in [-0.4, -0.2) is 21.3 Å². The molecule has 5 rings (SSSR count). The molecule has 0 amide bonds. The fraction of sp³-hybridized carbons (Fsp3) is 0.0333. The smallest absolute Gasteiger partial charge is 0.214 e. The maximum atomic E-state index is 13.9. The highest BCUT2D eigenvalue weighted by molar-refractivity contribution is 6.21. The van der Waals surface area contributed by atoms with Gasteiger partial charge in [-0.15, -0.1) is 0 Å². The van der Waals surface area contributed by atoms with Gasteiger partial charge < -0.3 is 0 Å². The van der Waals surface area contributed by atoms with Crippen molar-refractivity contribution in [3.05, 3.63) is 143 Å². The zero-order chi connectivity index (χ0) is 23.5. The first-order chi connectivity index (χ1) is 16.6. The molecule has 0 fully saturated rings. The van der Waals surface area contributed by atoms with Gasteiger partial charge in [0.1, 0.15) is 5.69 Å². The highest BCUT2D eigenvalue weighted by atomic mass is 16.1. The van der Waals surface area contributed by atoms with Gasteiger partial charge in [0.25, 0.3) is 0 Å². The van der Waals surface area contributed by atoms with Gasteiger partial charge in [0.15, 0.2) is 5.78 Å². The normalized spacial score (nSPS) is 10.7. The van der Waals surface area contributed by atoms with Crippen molar-refractivity contribution in [1.82, 2.24) is 9.78 Å². The second-order valence-corrected chi connectivity index (χ2v) is 8.08. The molecule has 4 aromatic carbocycles. The van der Waals surface area contributed by atoms with Gasteiger partial charge in [-0.25, -0.2) is 4.68 Å². The fourth-order valence-electron chi connectivity index (χ4n) is 3.99. The van der Waals surface area contributed by atoms with E-state index >= 15 is 0 Å². The molecule has 1 heterocycles. The Morgan fingerprint density at radius 1 is 0.618 bits per heavy atom.